The minimum atomic E-state index is -0.101. The summed E-state index contributed by atoms with van der Waals surface area (Å²) < 4.78 is 2.14. The van der Waals surface area contributed by atoms with E-state index in [9.17, 15) is 4.79 Å². The molecule has 0 spiro atoms. The normalized spacial score (nSPS) is 11.8. The summed E-state index contributed by atoms with van der Waals surface area (Å²) in [6, 6.07) is 19.5. The van der Waals surface area contributed by atoms with Crippen molar-refractivity contribution < 1.29 is 4.79 Å². The van der Waals surface area contributed by atoms with Gasteiger partial charge in [-0.1, -0.05) is 54.1 Å². The second-order valence-corrected chi connectivity index (χ2v) is 7.24. The zero-order chi connectivity index (χ0) is 21.5. The van der Waals surface area contributed by atoms with Crippen LogP contribution in [-0.2, 0) is 11.3 Å². The molecule has 0 fully saturated rings. The number of carbonyl (C=O) groups is 1. The predicted molar refractivity (Wildman–Crippen MR) is 125 cm³/mol. The Labute approximate surface area is 181 Å². The molecule has 2 aromatic carbocycles. The lowest BCUT2D eigenvalue weighted by Crippen LogP contribution is -2.10. The molecule has 3 rings (SSSR count). The second-order valence-electron chi connectivity index (χ2n) is 6.83. The quantitative estimate of drug-likeness (QED) is 0.480. The van der Waals surface area contributed by atoms with Crippen molar-refractivity contribution in [3.05, 3.63) is 89.6 Å². The monoisotopic (exact) mass is 420 g/mol. The fourth-order valence-corrected chi connectivity index (χ4v) is 3.46. The Morgan fingerprint density at radius 2 is 1.77 bits per heavy atom. The third-order valence-electron chi connectivity index (χ3n) is 4.55. The van der Waals surface area contributed by atoms with Crippen molar-refractivity contribution in [1.29, 1.82) is 0 Å². The first-order valence-corrected chi connectivity index (χ1v) is 10.0. The number of hydrogen-bond acceptors (Lipinski definition) is 3. The molecule has 0 aliphatic rings. The van der Waals surface area contributed by atoms with Crippen LogP contribution in [0, 0.1) is 0 Å². The Morgan fingerprint density at radius 3 is 2.43 bits per heavy atom. The highest BCUT2D eigenvalue weighted by Crippen LogP contribution is 2.33. The van der Waals surface area contributed by atoms with Crippen molar-refractivity contribution in [2.45, 2.75) is 13.5 Å². The number of carbonyl (C=O) groups excluding carboxylic acids is 1. The van der Waals surface area contributed by atoms with Crippen LogP contribution >= 0.6 is 11.6 Å². The van der Waals surface area contributed by atoms with Gasteiger partial charge in [0.25, 0.3) is 0 Å². The maximum atomic E-state index is 11.3. The van der Waals surface area contributed by atoms with E-state index in [0.717, 1.165) is 28.2 Å². The van der Waals surface area contributed by atoms with E-state index in [2.05, 4.69) is 16.0 Å². The fraction of sp³-hybridized carbons (Fsp3) is 0.125. The number of amides is 1. The number of aromatic nitrogens is 1. The van der Waals surface area contributed by atoms with E-state index in [-0.39, 0.29) is 5.91 Å². The highest BCUT2D eigenvalue weighted by Gasteiger charge is 2.14. The third kappa shape index (κ3) is 5.20. The summed E-state index contributed by atoms with van der Waals surface area (Å²) in [5.41, 5.74) is 17.2. The number of nitrogens with one attached hydrogen (secondary N) is 1. The van der Waals surface area contributed by atoms with Crippen LogP contribution in [0.3, 0.4) is 0 Å². The Bertz CT molecular complexity index is 1080. The van der Waals surface area contributed by atoms with Gasteiger partial charge in [0, 0.05) is 41.1 Å². The van der Waals surface area contributed by atoms with Gasteiger partial charge >= 0.3 is 0 Å². The molecule has 5 nitrogen and oxygen atoms in total. The molecule has 0 bridgehead atoms. The standard InChI is InChI=1S/C24H25ClN4O/c1-17(30)28-20-11-9-18(10-12-20)23-13-14-24(21-7-2-3-8-22(21)25)29(23)16-19(27)6-4-5-15-26/h2-14H,15-16,26-27H2,1H3,(H,28,30)/b5-4-,19-6-. The van der Waals surface area contributed by atoms with Gasteiger partial charge < -0.3 is 21.4 Å². The van der Waals surface area contributed by atoms with Crippen molar-refractivity contribution in [3.8, 4) is 22.5 Å². The number of hydrogen-bond donors (Lipinski definition) is 3. The second kappa shape index (κ2) is 9.96. The van der Waals surface area contributed by atoms with E-state index in [1.807, 2.05) is 72.8 Å². The van der Waals surface area contributed by atoms with E-state index in [1.54, 1.807) is 0 Å². The van der Waals surface area contributed by atoms with Gasteiger partial charge in [-0.3, -0.25) is 4.79 Å². The van der Waals surface area contributed by atoms with Crippen LogP contribution in [0.1, 0.15) is 6.92 Å². The van der Waals surface area contributed by atoms with Gasteiger partial charge in [0.1, 0.15) is 0 Å². The van der Waals surface area contributed by atoms with E-state index in [1.165, 1.54) is 6.92 Å². The maximum Gasteiger partial charge on any atom is 0.221 e. The molecule has 1 aromatic heterocycles. The first-order chi connectivity index (χ1) is 14.5. The van der Waals surface area contributed by atoms with Crippen molar-refractivity contribution in [2.75, 3.05) is 11.9 Å². The maximum absolute atomic E-state index is 11.3. The summed E-state index contributed by atoms with van der Waals surface area (Å²) in [4.78, 5) is 11.3. The average Bonchev–Trinajstić information content (AvgIpc) is 3.12. The summed E-state index contributed by atoms with van der Waals surface area (Å²) >= 11 is 6.47. The number of nitrogens with two attached hydrogens (primary N) is 2. The van der Waals surface area contributed by atoms with Gasteiger partial charge in [0.05, 0.1) is 12.2 Å². The molecule has 0 radical (unpaired) electrons. The van der Waals surface area contributed by atoms with E-state index < -0.39 is 0 Å². The number of allylic oxidation sites excluding steroid dienone is 3. The van der Waals surface area contributed by atoms with Gasteiger partial charge in [-0.25, -0.2) is 0 Å². The Kier molecular flexibility index (Phi) is 7.12. The Balaban J connectivity index is 2.05. The Hall–Kier alpha value is -3.28. The molecule has 0 atom stereocenters. The third-order valence-corrected chi connectivity index (χ3v) is 4.88. The molecule has 0 unspecified atom stereocenters. The molecule has 0 aliphatic carbocycles. The number of nitrogens with zero attached hydrogens (tertiary/aromatic N) is 1. The lowest BCUT2D eigenvalue weighted by molar-refractivity contribution is -0.114. The molecule has 154 valence electrons. The SMILES string of the molecule is CC(=O)Nc1ccc(-c2ccc(-c3ccccc3Cl)n2C/C(N)=C/C=C\CN)cc1. The number of halogens is 1. The molecule has 3 aromatic rings. The van der Waals surface area contributed by atoms with Gasteiger partial charge in [-0.05, 0) is 42.0 Å². The average molecular weight is 421 g/mol. The zero-order valence-corrected chi connectivity index (χ0v) is 17.6. The summed E-state index contributed by atoms with van der Waals surface area (Å²) in [6.45, 7) is 2.44. The fourth-order valence-electron chi connectivity index (χ4n) is 3.23. The molecule has 0 saturated carbocycles. The van der Waals surface area contributed by atoms with Gasteiger partial charge in [0.15, 0.2) is 0 Å². The molecule has 1 amide bonds. The van der Waals surface area contributed by atoms with Crippen LogP contribution in [0.4, 0.5) is 5.69 Å². The topological polar surface area (TPSA) is 86.1 Å². The van der Waals surface area contributed by atoms with Crippen molar-refractivity contribution >= 4 is 23.2 Å². The summed E-state index contributed by atoms with van der Waals surface area (Å²) in [5, 5.41) is 3.46. The van der Waals surface area contributed by atoms with Gasteiger partial charge in [-0.15, -0.1) is 0 Å². The number of rotatable bonds is 7. The zero-order valence-electron chi connectivity index (χ0n) is 16.8. The van der Waals surface area contributed by atoms with Crippen LogP contribution in [-0.4, -0.2) is 17.0 Å². The molecule has 5 N–H and O–H groups in total. The smallest absolute Gasteiger partial charge is 0.221 e. The van der Waals surface area contributed by atoms with Crippen molar-refractivity contribution in [3.63, 3.8) is 0 Å². The minimum Gasteiger partial charge on any atom is -0.401 e. The van der Waals surface area contributed by atoms with E-state index in [4.69, 9.17) is 23.1 Å². The molecule has 1 heterocycles. The lowest BCUT2D eigenvalue weighted by atomic mass is 10.1. The molecular weight excluding hydrogens is 396 g/mol. The molecule has 6 heteroatoms. The lowest BCUT2D eigenvalue weighted by Gasteiger charge is -2.15. The van der Waals surface area contributed by atoms with E-state index >= 15 is 0 Å². The van der Waals surface area contributed by atoms with Crippen LogP contribution in [0.2, 0.25) is 5.02 Å². The van der Waals surface area contributed by atoms with Gasteiger partial charge in [0.2, 0.25) is 5.91 Å². The van der Waals surface area contributed by atoms with Crippen LogP contribution in [0.25, 0.3) is 22.5 Å². The number of benzene rings is 2. The van der Waals surface area contributed by atoms with Gasteiger partial charge in [-0.2, -0.15) is 0 Å². The van der Waals surface area contributed by atoms with Crippen molar-refractivity contribution in [1.82, 2.24) is 4.57 Å². The van der Waals surface area contributed by atoms with E-state index in [0.29, 0.717) is 23.8 Å². The first-order valence-electron chi connectivity index (χ1n) is 9.63. The predicted octanol–water partition coefficient (Wildman–Crippen LogP) is 4.79. The summed E-state index contributed by atoms with van der Waals surface area (Å²) in [6.07, 6.45) is 5.56. The Morgan fingerprint density at radius 1 is 1.07 bits per heavy atom. The summed E-state index contributed by atoms with van der Waals surface area (Å²) in [5.74, 6) is -0.101. The minimum absolute atomic E-state index is 0.101. The van der Waals surface area contributed by atoms with Crippen LogP contribution in [0.5, 0.6) is 0 Å². The molecule has 0 aliphatic heterocycles. The van der Waals surface area contributed by atoms with Crippen LogP contribution in [0.15, 0.2) is 84.6 Å². The molecule has 30 heavy (non-hydrogen) atoms. The molecular formula is C24H25ClN4O. The highest BCUT2D eigenvalue weighted by molar-refractivity contribution is 6.33. The molecule has 0 saturated heterocycles. The highest BCUT2D eigenvalue weighted by atomic mass is 35.5. The first kappa shape index (κ1) is 21.4. The summed E-state index contributed by atoms with van der Waals surface area (Å²) in [7, 11) is 0. The van der Waals surface area contributed by atoms with Crippen molar-refractivity contribution in [2.24, 2.45) is 11.5 Å². The van der Waals surface area contributed by atoms with Crippen LogP contribution < -0.4 is 16.8 Å². The largest absolute Gasteiger partial charge is 0.401 e. The number of anilines is 1.